The Kier molecular flexibility index (Phi) is 4.94. The van der Waals surface area contributed by atoms with E-state index < -0.39 is 11.6 Å². The fraction of sp³-hybridized carbons (Fsp3) is 0.300. The van der Waals surface area contributed by atoms with Gasteiger partial charge >= 0.3 is 5.97 Å². The van der Waals surface area contributed by atoms with E-state index in [0.29, 0.717) is 23.4 Å². The van der Waals surface area contributed by atoms with Crippen molar-refractivity contribution in [3.63, 3.8) is 0 Å². The summed E-state index contributed by atoms with van der Waals surface area (Å²) in [7, 11) is 0. The van der Waals surface area contributed by atoms with E-state index in [-0.39, 0.29) is 5.56 Å². The number of rotatable bonds is 4. The van der Waals surface area contributed by atoms with Gasteiger partial charge in [0.1, 0.15) is 5.60 Å². The zero-order valence-corrected chi connectivity index (χ0v) is 15.8. The molecule has 0 aliphatic carbocycles. The third kappa shape index (κ3) is 4.31. The van der Waals surface area contributed by atoms with Gasteiger partial charge < -0.3 is 4.74 Å². The molecule has 27 heavy (non-hydrogen) atoms. The average molecular weight is 366 g/mol. The molecule has 3 aromatic heterocycles. The summed E-state index contributed by atoms with van der Waals surface area (Å²) >= 11 is 0. The van der Waals surface area contributed by atoms with Crippen LogP contribution in [0.3, 0.4) is 0 Å². The van der Waals surface area contributed by atoms with Crippen LogP contribution in [0.25, 0.3) is 5.82 Å². The standard InChI is InChI=1S/C20H22N4O3/c1-13-16(10-14-6-5-9-21-11-14)18(25)24(23-13)17-8-7-15(12-22-17)19(26)27-20(2,3)4/h5-9,11-12,23H,10H2,1-4H3. The quantitative estimate of drug-likeness (QED) is 0.717. The van der Waals surface area contributed by atoms with Gasteiger partial charge in [-0.15, -0.1) is 0 Å². The van der Waals surface area contributed by atoms with Crippen LogP contribution in [0.4, 0.5) is 0 Å². The smallest absolute Gasteiger partial charge is 0.340 e. The van der Waals surface area contributed by atoms with Gasteiger partial charge in [0.2, 0.25) is 0 Å². The molecule has 0 saturated heterocycles. The molecule has 0 amide bonds. The molecule has 0 bridgehead atoms. The van der Waals surface area contributed by atoms with E-state index in [1.54, 1.807) is 45.3 Å². The second kappa shape index (κ2) is 7.19. The molecule has 0 aromatic carbocycles. The Balaban J connectivity index is 1.86. The first-order valence-corrected chi connectivity index (χ1v) is 8.64. The Morgan fingerprint density at radius 3 is 2.59 bits per heavy atom. The van der Waals surface area contributed by atoms with Crippen LogP contribution in [0.15, 0.2) is 47.7 Å². The number of carbonyl (C=O) groups is 1. The first kappa shape index (κ1) is 18.6. The van der Waals surface area contributed by atoms with Crippen molar-refractivity contribution in [3.05, 3.63) is 75.6 Å². The fourth-order valence-electron chi connectivity index (χ4n) is 2.63. The molecule has 1 N–H and O–H groups in total. The topological polar surface area (TPSA) is 89.9 Å². The predicted octanol–water partition coefficient (Wildman–Crippen LogP) is 2.81. The van der Waals surface area contributed by atoms with Gasteiger partial charge in [0.25, 0.3) is 5.56 Å². The van der Waals surface area contributed by atoms with Crippen molar-refractivity contribution in [1.29, 1.82) is 0 Å². The average Bonchev–Trinajstić information content (AvgIpc) is 2.89. The molecule has 7 nitrogen and oxygen atoms in total. The molecule has 0 spiro atoms. The number of hydrogen-bond acceptors (Lipinski definition) is 5. The Morgan fingerprint density at radius 1 is 1.22 bits per heavy atom. The van der Waals surface area contributed by atoms with Crippen LogP contribution in [0.5, 0.6) is 0 Å². The first-order valence-electron chi connectivity index (χ1n) is 8.64. The van der Waals surface area contributed by atoms with Crippen LogP contribution in [-0.4, -0.2) is 31.3 Å². The van der Waals surface area contributed by atoms with Crippen molar-refractivity contribution >= 4 is 5.97 Å². The molecule has 0 aliphatic heterocycles. The summed E-state index contributed by atoms with van der Waals surface area (Å²) in [6, 6.07) is 6.98. The summed E-state index contributed by atoms with van der Waals surface area (Å²) in [5.74, 6) is -0.0401. The number of esters is 1. The fourth-order valence-corrected chi connectivity index (χ4v) is 2.63. The van der Waals surface area contributed by atoms with Crippen molar-refractivity contribution in [3.8, 4) is 5.82 Å². The Bertz CT molecular complexity index is 996. The molecule has 0 aliphatic rings. The molecular weight excluding hydrogens is 344 g/mol. The molecule has 140 valence electrons. The van der Waals surface area contributed by atoms with Crippen molar-refractivity contribution in [2.45, 2.75) is 39.7 Å². The van der Waals surface area contributed by atoms with Gasteiger partial charge in [-0.05, 0) is 51.5 Å². The molecule has 0 atom stereocenters. The van der Waals surface area contributed by atoms with Gasteiger partial charge in [0.05, 0.1) is 5.56 Å². The molecule has 3 aromatic rings. The lowest BCUT2D eigenvalue weighted by Crippen LogP contribution is -2.24. The largest absolute Gasteiger partial charge is 0.456 e. The number of ether oxygens (including phenoxy) is 1. The lowest BCUT2D eigenvalue weighted by molar-refractivity contribution is 0.00691. The summed E-state index contributed by atoms with van der Waals surface area (Å²) in [5, 5.41) is 3.04. The van der Waals surface area contributed by atoms with Gasteiger partial charge in [-0.2, -0.15) is 0 Å². The molecule has 0 radical (unpaired) electrons. The summed E-state index contributed by atoms with van der Waals surface area (Å²) in [4.78, 5) is 33.2. The van der Waals surface area contributed by atoms with Gasteiger partial charge in [-0.1, -0.05) is 6.07 Å². The van der Waals surface area contributed by atoms with E-state index in [9.17, 15) is 9.59 Å². The van der Waals surface area contributed by atoms with Crippen LogP contribution in [-0.2, 0) is 11.2 Å². The van der Waals surface area contributed by atoms with E-state index in [2.05, 4.69) is 15.1 Å². The zero-order chi connectivity index (χ0) is 19.6. The minimum Gasteiger partial charge on any atom is -0.456 e. The van der Waals surface area contributed by atoms with Crippen molar-refractivity contribution in [2.75, 3.05) is 0 Å². The molecule has 0 unspecified atom stereocenters. The Morgan fingerprint density at radius 2 is 2.00 bits per heavy atom. The van der Waals surface area contributed by atoms with Crippen LogP contribution < -0.4 is 5.56 Å². The predicted molar refractivity (Wildman–Crippen MR) is 101 cm³/mol. The monoisotopic (exact) mass is 366 g/mol. The van der Waals surface area contributed by atoms with Crippen molar-refractivity contribution in [1.82, 2.24) is 19.7 Å². The Labute approximate surface area is 157 Å². The second-order valence-electron chi connectivity index (χ2n) is 7.30. The normalized spacial score (nSPS) is 11.4. The number of pyridine rings is 2. The third-order valence-electron chi connectivity index (χ3n) is 3.91. The van der Waals surface area contributed by atoms with Crippen LogP contribution in [0, 0.1) is 6.92 Å². The van der Waals surface area contributed by atoms with E-state index in [1.165, 1.54) is 10.9 Å². The van der Waals surface area contributed by atoms with E-state index in [1.807, 2.05) is 19.1 Å². The van der Waals surface area contributed by atoms with Gasteiger partial charge in [0, 0.05) is 36.3 Å². The first-order chi connectivity index (χ1) is 12.7. The van der Waals surface area contributed by atoms with Crippen LogP contribution in [0.1, 0.15) is 48.0 Å². The van der Waals surface area contributed by atoms with E-state index in [4.69, 9.17) is 4.74 Å². The van der Waals surface area contributed by atoms with E-state index >= 15 is 0 Å². The second-order valence-corrected chi connectivity index (χ2v) is 7.30. The van der Waals surface area contributed by atoms with Crippen molar-refractivity contribution < 1.29 is 9.53 Å². The number of carbonyl (C=O) groups excluding carboxylic acids is 1. The lowest BCUT2D eigenvalue weighted by atomic mass is 10.1. The molecule has 0 saturated carbocycles. The number of nitrogens with zero attached hydrogens (tertiary/aromatic N) is 3. The number of H-pyrrole nitrogens is 1. The molecule has 0 fully saturated rings. The zero-order valence-electron chi connectivity index (χ0n) is 15.8. The number of hydrogen-bond donors (Lipinski definition) is 1. The summed E-state index contributed by atoms with van der Waals surface area (Å²) in [5.41, 5.74) is 1.96. The SMILES string of the molecule is Cc1[nH]n(-c2ccc(C(=O)OC(C)(C)C)cn2)c(=O)c1Cc1cccnc1. The maximum atomic E-state index is 12.8. The summed E-state index contributed by atoms with van der Waals surface area (Å²) in [6.45, 7) is 7.26. The third-order valence-corrected chi connectivity index (χ3v) is 3.91. The summed E-state index contributed by atoms with van der Waals surface area (Å²) < 4.78 is 6.70. The maximum absolute atomic E-state index is 12.8. The van der Waals surface area contributed by atoms with Gasteiger partial charge in [0.15, 0.2) is 5.82 Å². The van der Waals surface area contributed by atoms with Crippen LogP contribution in [0.2, 0.25) is 0 Å². The lowest BCUT2D eigenvalue weighted by Gasteiger charge is -2.19. The van der Waals surface area contributed by atoms with E-state index in [0.717, 1.165) is 11.3 Å². The number of aromatic nitrogens is 4. The van der Waals surface area contributed by atoms with Gasteiger partial charge in [-0.25, -0.2) is 14.5 Å². The molecule has 7 heteroatoms. The number of nitrogens with one attached hydrogen (secondary N) is 1. The molecular formula is C20H22N4O3. The number of aromatic amines is 1. The van der Waals surface area contributed by atoms with Crippen molar-refractivity contribution in [2.24, 2.45) is 0 Å². The van der Waals surface area contributed by atoms with Gasteiger partial charge in [-0.3, -0.25) is 14.9 Å². The highest BCUT2D eigenvalue weighted by atomic mass is 16.6. The number of aryl methyl sites for hydroxylation is 1. The van der Waals surface area contributed by atoms with Crippen LogP contribution >= 0.6 is 0 Å². The highest BCUT2D eigenvalue weighted by Crippen LogP contribution is 2.13. The maximum Gasteiger partial charge on any atom is 0.340 e. The molecule has 3 rings (SSSR count). The highest BCUT2D eigenvalue weighted by molar-refractivity contribution is 5.89. The minimum absolute atomic E-state index is 0.172. The minimum atomic E-state index is -0.579. The summed E-state index contributed by atoms with van der Waals surface area (Å²) in [6.07, 6.45) is 5.33. The Hall–Kier alpha value is -3.22. The molecule has 3 heterocycles. The highest BCUT2D eigenvalue weighted by Gasteiger charge is 2.19.